The van der Waals surface area contributed by atoms with Gasteiger partial charge in [0, 0.05) is 42.0 Å². The molecule has 6 heteroatoms. The van der Waals surface area contributed by atoms with E-state index in [0.29, 0.717) is 43.5 Å². The summed E-state index contributed by atoms with van der Waals surface area (Å²) in [5.41, 5.74) is 7.97. The van der Waals surface area contributed by atoms with Gasteiger partial charge in [0.25, 0.3) is 0 Å². The molecule has 2 aromatic carbocycles. The third-order valence-electron chi connectivity index (χ3n) is 4.92. The monoisotopic (exact) mass is 379 g/mol. The Morgan fingerprint density at radius 1 is 1.11 bits per heavy atom. The summed E-state index contributed by atoms with van der Waals surface area (Å²) in [5, 5.41) is 10.5. The number of ketones is 1. The number of hydrogen-bond acceptors (Lipinski definition) is 4. The van der Waals surface area contributed by atoms with Crippen LogP contribution in [0.5, 0.6) is 5.75 Å². The van der Waals surface area contributed by atoms with Crippen molar-refractivity contribution in [2.45, 2.75) is 31.6 Å². The summed E-state index contributed by atoms with van der Waals surface area (Å²) in [6, 6.07) is 14.7. The van der Waals surface area contributed by atoms with E-state index in [-0.39, 0.29) is 23.4 Å². The normalized spacial score (nSPS) is 14.8. The van der Waals surface area contributed by atoms with Crippen molar-refractivity contribution >= 4 is 17.5 Å². The fourth-order valence-corrected chi connectivity index (χ4v) is 3.34. The molecule has 146 valence electrons. The lowest BCUT2D eigenvalue weighted by molar-refractivity contribution is -0.121. The zero-order chi connectivity index (χ0) is 19.9. The van der Waals surface area contributed by atoms with Gasteiger partial charge in [0.05, 0.1) is 6.61 Å². The molecule has 28 heavy (non-hydrogen) atoms. The summed E-state index contributed by atoms with van der Waals surface area (Å²) in [7, 11) is 0. The molecule has 0 aromatic heterocycles. The number of carbonyl (C=O) groups is 2. The van der Waals surface area contributed by atoms with E-state index in [1.54, 1.807) is 18.2 Å². The molecule has 0 saturated heterocycles. The number of benzene rings is 2. The minimum atomic E-state index is -0.0440. The van der Waals surface area contributed by atoms with Crippen molar-refractivity contribution in [2.75, 3.05) is 13.2 Å². The van der Waals surface area contributed by atoms with Crippen LogP contribution in [-0.4, -0.2) is 30.7 Å². The molecule has 0 saturated carbocycles. The Morgan fingerprint density at radius 2 is 1.89 bits per heavy atom. The van der Waals surface area contributed by atoms with Gasteiger partial charge >= 0.3 is 0 Å². The first kappa shape index (κ1) is 19.6. The third-order valence-corrected chi connectivity index (χ3v) is 4.92. The van der Waals surface area contributed by atoms with Crippen LogP contribution in [0.3, 0.4) is 0 Å². The van der Waals surface area contributed by atoms with E-state index in [0.717, 1.165) is 17.7 Å². The van der Waals surface area contributed by atoms with Gasteiger partial charge in [0.1, 0.15) is 11.6 Å². The lowest BCUT2D eigenvalue weighted by atomic mass is 9.96. The van der Waals surface area contributed by atoms with Gasteiger partial charge in [-0.05, 0) is 31.0 Å². The molecule has 2 aromatic rings. The predicted octanol–water partition coefficient (Wildman–Crippen LogP) is 3.01. The summed E-state index contributed by atoms with van der Waals surface area (Å²) < 4.78 is 5.68. The van der Waals surface area contributed by atoms with Gasteiger partial charge in [-0.15, -0.1) is 0 Å². The second kappa shape index (κ2) is 9.17. The van der Waals surface area contributed by atoms with Gasteiger partial charge in [0.15, 0.2) is 5.78 Å². The summed E-state index contributed by atoms with van der Waals surface area (Å²) >= 11 is 0. The number of hydrogen-bond donors (Lipinski definition) is 3. The number of amides is 1. The van der Waals surface area contributed by atoms with Crippen LogP contribution >= 0.6 is 0 Å². The Labute approximate surface area is 164 Å². The molecule has 0 radical (unpaired) electrons. The first-order valence-corrected chi connectivity index (χ1v) is 9.50. The van der Waals surface area contributed by atoms with Crippen molar-refractivity contribution in [3.63, 3.8) is 0 Å². The Bertz CT molecular complexity index is 865. The Morgan fingerprint density at radius 3 is 2.64 bits per heavy atom. The van der Waals surface area contributed by atoms with Crippen LogP contribution in [0, 0.1) is 5.41 Å². The fourth-order valence-electron chi connectivity index (χ4n) is 3.34. The van der Waals surface area contributed by atoms with Crippen molar-refractivity contribution in [2.24, 2.45) is 5.73 Å². The SMILES string of the molecule is N=C(N)c1ccc2c(c1)C(CCNC(=O)CCCC(=O)c1ccccc1)CO2. The quantitative estimate of drug-likeness (QED) is 0.354. The molecule has 0 aliphatic carbocycles. The van der Waals surface area contributed by atoms with Crippen molar-refractivity contribution in [3.8, 4) is 5.75 Å². The van der Waals surface area contributed by atoms with Crippen molar-refractivity contribution in [1.82, 2.24) is 5.32 Å². The molecule has 0 bridgehead atoms. The molecule has 0 spiro atoms. The Kier molecular flexibility index (Phi) is 6.42. The smallest absolute Gasteiger partial charge is 0.220 e. The molecule has 0 fully saturated rings. The van der Waals surface area contributed by atoms with E-state index in [1.807, 2.05) is 30.3 Å². The second-order valence-electron chi connectivity index (χ2n) is 6.96. The number of fused-ring (bicyclic) bond motifs is 1. The standard InChI is InChI=1S/C22H25N3O3/c23-22(24)16-9-10-20-18(13-16)17(14-28-20)11-12-25-21(27)8-4-7-19(26)15-5-2-1-3-6-15/h1-3,5-6,9-10,13,17H,4,7-8,11-12,14H2,(H3,23,24)(H,25,27). The van der Waals surface area contributed by atoms with Crippen molar-refractivity contribution < 1.29 is 14.3 Å². The summed E-state index contributed by atoms with van der Waals surface area (Å²) in [5.74, 6) is 1.05. The van der Waals surface area contributed by atoms with Gasteiger partial charge in [-0.25, -0.2) is 0 Å². The molecule has 1 atom stereocenters. The molecule has 6 nitrogen and oxygen atoms in total. The maximum Gasteiger partial charge on any atom is 0.220 e. The van der Waals surface area contributed by atoms with Crippen LogP contribution in [0.4, 0.5) is 0 Å². The summed E-state index contributed by atoms with van der Waals surface area (Å²) in [6.07, 6.45) is 2.00. The highest BCUT2D eigenvalue weighted by atomic mass is 16.5. The van der Waals surface area contributed by atoms with Crippen molar-refractivity contribution in [1.29, 1.82) is 5.41 Å². The molecule has 1 aliphatic heterocycles. The van der Waals surface area contributed by atoms with Gasteiger partial charge in [0.2, 0.25) is 5.91 Å². The number of ether oxygens (including phenoxy) is 1. The Hall–Kier alpha value is -3.15. The molecular formula is C22H25N3O3. The molecule has 1 amide bonds. The fraction of sp³-hybridized carbons (Fsp3) is 0.318. The van der Waals surface area contributed by atoms with Crippen LogP contribution < -0.4 is 15.8 Å². The molecule has 4 N–H and O–H groups in total. The number of carbonyl (C=O) groups excluding carboxylic acids is 2. The largest absolute Gasteiger partial charge is 0.493 e. The third kappa shape index (κ3) is 4.97. The van der Waals surface area contributed by atoms with E-state index < -0.39 is 0 Å². The maximum absolute atomic E-state index is 12.0. The lowest BCUT2D eigenvalue weighted by Crippen LogP contribution is -2.25. The average molecular weight is 379 g/mol. The maximum atomic E-state index is 12.0. The van der Waals surface area contributed by atoms with E-state index in [9.17, 15) is 9.59 Å². The highest BCUT2D eigenvalue weighted by Crippen LogP contribution is 2.36. The molecule has 1 unspecified atom stereocenters. The van der Waals surface area contributed by atoms with Crippen LogP contribution in [0.2, 0.25) is 0 Å². The molecule has 1 heterocycles. The van der Waals surface area contributed by atoms with E-state index >= 15 is 0 Å². The second-order valence-corrected chi connectivity index (χ2v) is 6.96. The summed E-state index contributed by atoms with van der Waals surface area (Å²) in [6.45, 7) is 1.11. The van der Waals surface area contributed by atoms with Crippen LogP contribution in [-0.2, 0) is 4.79 Å². The number of rotatable bonds is 9. The number of nitrogens with two attached hydrogens (primary N) is 1. The topological polar surface area (TPSA) is 105 Å². The van der Waals surface area contributed by atoms with E-state index in [4.69, 9.17) is 15.9 Å². The summed E-state index contributed by atoms with van der Waals surface area (Å²) in [4.78, 5) is 24.1. The molecule has 3 rings (SSSR count). The first-order chi connectivity index (χ1) is 13.5. The number of nitrogen functional groups attached to an aromatic ring is 1. The van der Waals surface area contributed by atoms with Gasteiger partial charge in [-0.2, -0.15) is 0 Å². The minimum Gasteiger partial charge on any atom is -0.493 e. The number of nitrogens with one attached hydrogen (secondary N) is 2. The highest BCUT2D eigenvalue weighted by molar-refractivity contribution is 5.96. The first-order valence-electron chi connectivity index (χ1n) is 9.50. The molecular weight excluding hydrogens is 354 g/mol. The minimum absolute atomic E-state index is 0.0341. The van der Waals surface area contributed by atoms with Crippen LogP contribution in [0.15, 0.2) is 48.5 Å². The number of Topliss-reactive ketones (excluding diaryl/α,β-unsaturated/α-hetero) is 1. The zero-order valence-corrected chi connectivity index (χ0v) is 15.7. The van der Waals surface area contributed by atoms with E-state index in [2.05, 4.69) is 5.32 Å². The van der Waals surface area contributed by atoms with E-state index in [1.165, 1.54) is 0 Å². The highest BCUT2D eigenvalue weighted by Gasteiger charge is 2.24. The average Bonchev–Trinajstić information content (AvgIpc) is 3.11. The van der Waals surface area contributed by atoms with Gasteiger partial charge in [-0.1, -0.05) is 30.3 Å². The van der Waals surface area contributed by atoms with Crippen molar-refractivity contribution in [3.05, 3.63) is 65.2 Å². The van der Waals surface area contributed by atoms with Gasteiger partial charge in [-0.3, -0.25) is 15.0 Å². The van der Waals surface area contributed by atoms with Crippen LogP contribution in [0.25, 0.3) is 0 Å². The molecule has 1 aliphatic rings. The predicted molar refractivity (Wildman–Crippen MR) is 108 cm³/mol. The van der Waals surface area contributed by atoms with Crippen LogP contribution in [0.1, 0.15) is 53.1 Å². The lowest BCUT2D eigenvalue weighted by Gasteiger charge is -2.11. The number of amidine groups is 1. The van der Waals surface area contributed by atoms with Gasteiger partial charge < -0.3 is 15.8 Å². The zero-order valence-electron chi connectivity index (χ0n) is 15.7. The Balaban J connectivity index is 1.39.